The zero-order valence-corrected chi connectivity index (χ0v) is 12.4. The van der Waals surface area contributed by atoms with E-state index >= 15 is 0 Å². The Morgan fingerprint density at radius 3 is 2.55 bits per heavy atom. The molecule has 4 nitrogen and oxygen atoms in total. The Bertz CT molecular complexity index is 683. The van der Waals surface area contributed by atoms with Gasteiger partial charge in [-0.15, -0.1) is 0 Å². The molecule has 20 heavy (non-hydrogen) atoms. The molecule has 3 N–H and O–H groups in total. The molecule has 2 aromatic rings. The van der Waals surface area contributed by atoms with Gasteiger partial charge >= 0.3 is 0 Å². The number of rotatable bonds is 3. The van der Waals surface area contributed by atoms with Gasteiger partial charge in [-0.25, -0.2) is 0 Å². The van der Waals surface area contributed by atoms with E-state index < -0.39 is 0 Å². The molecule has 0 aliphatic carbocycles. The van der Waals surface area contributed by atoms with Crippen molar-refractivity contribution in [1.29, 1.82) is 5.41 Å². The molecule has 1 heterocycles. The second kappa shape index (κ2) is 5.51. The van der Waals surface area contributed by atoms with Gasteiger partial charge in [0.2, 0.25) is 0 Å². The van der Waals surface area contributed by atoms with Crippen LogP contribution < -0.4 is 10.5 Å². The number of nitrogen functional groups attached to an aromatic ring is 1. The first-order chi connectivity index (χ1) is 9.38. The first-order valence-electron chi connectivity index (χ1n) is 6.15. The highest BCUT2D eigenvalue weighted by Gasteiger charge is 2.13. The minimum absolute atomic E-state index is 0.0596. The number of nitrogens with two attached hydrogens (primary N) is 1. The summed E-state index contributed by atoms with van der Waals surface area (Å²) in [5, 5.41) is 8.35. The maximum atomic E-state index is 7.67. The highest BCUT2D eigenvalue weighted by atomic mass is 35.5. The summed E-state index contributed by atoms with van der Waals surface area (Å²) in [6.45, 7) is 5.59. The van der Waals surface area contributed by atoms with Crippen LogP contribution >= 0.6 is 11.6 Å². The van der Waals surface area contributed by atoms with Gasteiger partial charge in [0.05, 0.1) is 11.3 Å². The van der Waals surface area contributed by atoms with Crippen LogP contribution in [0, 0.1) is 26.2 Å². The molecular weight excluding hydrogens is 274 g/mol. The summed E-state index contributed by atoms with van der Waals surface area (Å²) in [5.74, 6) is 1.12. The van der Waals surface area contributed by atoms with E-state index in [4.69, 9.17) is 27.5 Å². The number of aryl methyl sites for hydroxylation is 3. The van der Waals surface area contributed by atoms with E-state index in [-0.39, 0.29) is 5.84 Å². The van der Waals surface area contributed by atoms with Gasteiger partial charge in [0.15, 0.2) is 0 Å². The lowest BCUT2D eigenvalue weighted by atomic mass is 10.1. The average molecular weight is 290 g/mol. The van der Waals surface area contributed by atoms with Crippen molar-refractivity contribution in [2.24, 2.45) is 5.73 Å². The number of nitrogens with one attached hydrogen (secondary N) is 1. The number of hydrogen-bond donors (Lipinski definition) is 2. The molecule has 0 fully saturated rings. The molecule has 5 heteroatoms. The quantitative estimate of drug-likeness (QED) is 0.668. The van der Waals surface area contributed by atoms with Crippen LogP contribution in [0.4, 0.5) is 0 Å². The van der Waals surface area contributed by atoms with Crippen molar-refractivity contribution in [2.75, 3.05) is 0 Å². The number of pyridine rings is 1. The Labute approximate surface area is 123 Å². The van der Waals surface area contributed by atoms with Gasteiger partial charge in [0.1, 0.15) is 17.3 Å². The lowest BCUT2D eigenvalue weighted by Gasteiger charge is -2.13. The van der Waals surface area contributed by atoms with Crippen LogP contribution in [0.15, 0.2) is 24.3 Å². The van der Waals surface area contributed by atoms with E-state index in [1.807, 2.05) is 26.8 Å². The highest BCUT2D eigenvalue weighted by Crippen LogP contribution is 2.29. The first kappa shape index (κ1) is 14.3. The van der Waals surface area contributed by atoms with Gasteiger partial charge in [-0.05, 0) is 44.5 Å². The van der Waals surface area contributed by atoms with E-state index in [1.54, 1.807) is 18.2 Å². The van der Waals surface area contributed by atoms with Gasteiger partial charge in [-0.3, -0.25) is 10.4 Å². The SMILES string of the molecule is Cc1cc(Oc2ccc(Cl)c(C)c2)c(C(=N)N)c(C)n1. The lowest BCUT2D eigenvalue weighted by molar-refractivity contribution is 0.479. The van der Waals surface area contributed by atoms with Gasteiger partial charge in [-0.2, -0.15) is 0 Å². The molecule has 0 spiro atoms. The fourth-order valence-corrected chi connectivity index (χ4v) is 2.13. The minimum atomic E-state index is -0.0596. The first-order valence-corrected chi connectivity index (χ1v) is 6.53. The molecule has 0 saturated carbocycles. The molecule has 1 aromatic carbocycles. The van der Waals surface area contributed by atoms with Gasteiger partial charge < -0.3 is 10.5 Å². The molecular formula is C15H16ClN3O. The largest absolute Gasteiger partial charge is 0.456 e. The number of benzene rings is 1. The van der Waals surface area contributed by atoms with Gasteiger partial charge in [0.25, 0.3) is 0 Å². The van der Waals surface area contributed by atoms with E-state index in [1.165, 1.54) is 0 Å². The third kappa shape index (κ3) is 2.91. The predicted molar refractivity (Wildman–Crippen MR) is 81.0 cm³/mol. The van der Waals surface area contributed by atoms with E-state index in [0.29, 0.717) is 27.8 Å². The molecule has 0 aliphatic heterocycles. The number of halogens is 1. The topological polar surface area (TPSA) is 72.0 Å². The van der Waals surface area contributed by atoms with Crippen molar-refractivity contribution in [3.63, 3.8) is 0 Å². The number of ether oxygens (including phenoxy) is 1. The van der Waals surface area contributed by atoms with Crippen LogP contribution in [0.3, 0.4) is 0 Å². The van der Waals surface area contributed by atoms with Crippen molar-refractivity contribution in [3.8, 4) is 11.5 Å². The molecule has 2 rings (SSSR count). The molecule has 0 aliphatic rings. The highest BCUT2D eigenvalue weighted by molar-refractivity contribution is 6.31. The second-order valence-electron chi connectivity index (χ2n) is 4.65. The molecule has 0 unspecified atom stereocenters. The van der Waals surface area contributed by atoms with Crippen LogP contribution in [-0.4, -0.2) is 10.8 Å². The third-order valence-electron chi connectivity index (χ3n) is 2.92. The Morgan fingerprint density at radius 1 is 1.25 bits per heavy atom. The van der Waals surface area contributed by atoms with Crippen molar-refractivity contribution in [2.45, 2.75) is 20.8 Å². The van der Waals surface area contributed by atoms with Crippen LogP contribution in [-0.2, 0) is 0 Å². The summed E-state index contributed by atoms with van der Waals surface area (Å²) in [6, 6.07) is 7.18. The Balaban J connectivity index is 2.47. The molecule has 0 bridgehead atoms. The van der Waals surface area contributed by atoms with Gasteiger partial charge in [-0.1, -0.05) is 11.6 Å². The summed E-state index contributed by atoms with van der Waals surface area (Å²) in [4.78, 5) is 4.31. The summed E-state index contributed by atoms with van der Waals surface area (Å²) in [5.41, 5.74) is 8.55. The number of hydrogen-bond acceptors (Lipinski definition) is 3. The number of nitrogens with zero attached hydrogens (tertiary/aromatic N) is 1. The van der Waals surface area contributed by atoms with Gasteiger partial charge in [0, 0.05) is 16.8 Å². The third-order valence-corrected chi connectivity index (χ3v) is 3.34. The fourth-order valence-electron chi connectivity index (χ4n) is 2.01. The Morgan fingerprint density at radius 2 is 1.95 bits per heavy atom. The predicted octanol–water partition coefficient (Wildman–Crippen LogP) is 3.74. The van der Waals surface area contributed by atoms with Crippen molar-refractivity contribution in [3.05, 3.63) is 51.8 Å². The molecule has 0 radical (unpaired) electrons. The van der Waals surface area contributed by atoms with Crippen LogP contribution in [0.5, 0.6) is 11.5 Å². The summed E-state index contributed by atoms with van der Waals surface area (Å²) < 4.78 is 5.85. The zero-order chi connectivity index (χ0) is 14.9. The Kier molecular flexibility index (Phi) is 3.95. The van der Waals surface area contributed by atoms with E-state index in [2.05, 4.69) is 4.98 Å². The standard InChI is InChI=1S/C15H16ClN3O/c1-8-6-11(4-5-12(8)16)20-13-7-9(2)19-10(3)14(13)15(17)18/h4-7H,1-3H3,(H3,17,18). The minimum Gasteiger partial charge on any atom is -0.456 e. The number of aromatic nitrogens is 1. The monoisotopic (exact) mass is 289 g/mol. The van der Waals surface area contributed by atoms with Crippen molar-refractivity contribution in [1.82, 2.24) is 4.98 Å². The maximum absolute atomic E-state index is 7.67. The molecule has 0 amide bonds. The maximum Gasteiger partial charge on any atom is 0.141 e. The number of amidine groups is 1. The second-order valence-corrected chi connectivity index (χ2v) is 5.06. The summed E-state index contributed by atoms with van der Waals surface area (Å²) in [7, 11) is 0. The van der Waals surface area contributed by atoms with Crippen LogP contribution in [0.2, 0.25) is 5.02 Å². The zero-order valence-electron chi connectivity index (χ0n) is 11.6. The average Bonchev–Trinajstić information content (AvgIpc) is 2.32. The summed E-state index contributed by atoms with van der Waals surface area (Å²) in [6.07, 6.45) is 0. The Hall–Kier alpha value is -2.07. The fraction of sp³-hybridized carbons (Fsp3) is 0.200. The molecule has 0 atom stereocenters. The normalized spacial score (nSPS) is 10.4. The molecule has 0 saturated heterocycles. The lowest BCUT2D eigenvalue weighted by Crippen LogP contribution is -2.15. The van der Waals surface area contributed by atoms with Crippen LogP contribution in [0.25, 0.3) is 0 Å². The van der Waals surface area contributed by atoms with E-state index in [9.17, 15) is 0 Å². The molecule has 1 aromatic heterocycles. The molecule has 104 valence electrons. The van der Waals surface area contributed by atoms with Crippen molar-refractivity contribution < 1.29 is 4.74 Å². The summed E-state index contributed by atoms with van der Waals surface area (Å²) >= 11 is 6.00. The van der Waals surface area contributed by atoms with E-state index in [0.717, 1.165) is 11.3 Å². The smallest absolute Gasteiger partial charge is 0.141 e. The van der Waals surface area contributed by atoms with Crippen LogP contribution in [0.1, 0.15) is 22.5 Å². The van der Waals surface area contributed by atoms with Crippen molar-refractivity contribution >= 4 is 17.4 Å².